The first-order chi connectivity index (χ1) is 10.6. The molecule has 7 heteroatoms. The Bertz CT molecular complexity index is 724. The number of rotatable bonds is 2. The normalized spacial score (nSPS) is 15.0. The van der Waals surface area contributed by atoms with E-state index in [1.165, 1.54) is 0 Å². The van der Waals surface area contributed by atoms with Crippen molar-refractivity contribution >= 4 is 23.1 Å². The molecule has 0 aromatic carbocycles. The number of anilines is 2. The van der Waals surface area contributed by atoms with Crippen molar-refractivity contribution in [3.8, 4) is 6.07 Å². The Morgan fingerprint density at radius 3 is 2.50 bits per heavy atom. The highest BCUT2D eigenvalue weighted by Gasteiger charge is 2.21. The first kappa shape index (κ1) is 14.7. The molecule has 0 radical (unpaired) electrons. The second-order valence-electron chi connectivity index (χ2n) is 5.38. The van der Waals surface area contributed by atoms with Crippen molar-refractivity contribution in [1.82, 2.24) is 14.8 Å². The van der Waals surface area contributed by atoms with Crippen LogP contribution in [0.25, 0.3) is 0 Å². The van der Waals surface area contributed by atoms with E-state index in [-0.39, 0.29) is 0 Å². The predicted octanol–water partition coefficient (Wildman–Crippen LogP) is 1.98. The molecule has 1 fully saturated rings. The lowest BCUT2D eigenvalue weighted by molar-refractivity contribution is 0.646. The fourth-order valence-electron chi connectivity index (χ4n) is 2.65. The third kappa shape index (κ3) is 2.72. The summed E-state index contributed by atoms with van der Waals surface area (Å²) in [5.74, 6) is 0.768. The molecular weight excluding hydrogens is 300 g/mol. The summed E-state index contributed by atoms with van der Waals surface area (Å²) in [4.78, 5) is 8.98. The van der Waals surface area contributed by atoms with Gasteiger partial charge in [0, 0.05) is 39.4 Å². The molecule has 1 aliphatic heterocycles. The van der Waals surface area contributed by atoms with Crippen LogP contribution in [0.5, 0.6) is 0 Å². The maximum Gasteiger partial charge on any atom is 0.147 e. The van der Waals surface area contributed by atoms with Crippen LogP contribution in [0.3, 0.4) is 0 Å². The van der Waals surface area contributed by atoms with Crippen molar-refractivity contribution in [3.05, 3.63) is 34.7 Å². The molecule has 1 saturated heterocycles. The molecule has 6 nitrogen and oxygen atoms in total. The lowest BCUT2D eigenvalue weighted by Crippen LogP contribution is -2.47. The number of hydrogen-bond acceptors (Lipinski definition) is 5. The number of pyridine rings is 1. The van der Waals surface area contributed by atoms with E-state index in [1.807, 2.05) is 31.0 Å². The minimum Gasteiger partial charge on any atom is -0.365 e. The zero-order valence-electron chi connectivity index (χ0n) is 12.6. The molecule has 114 valence electrons. The molecule has 3 rings (SSSR count). The SMILES string of the molecule is Cc1nc(N2CCN(c3cnn(C)c3)CC2)c(Cl)cc1C#N. The van der Waals surface area contributed by atoms with Gasteiger partial charge in [-0.05, 0) is 13.0 Å². The Balaban J connectivity index is 1.74. The fourth-order valence-corrected chi connectivity index (χ4v) is 2.92. The highest BCUT2D eigenvalue weighted by molar-refractivity contribution is 6.33. The van der Waals surface area contributed by atoms with Crippen molar-refractivity contribution in [1.29, 1.82) is 5.26 Å². The van der Waals surface area contributed by atoms with E-state index in [0.29, 0.717) is 10.6 Å². The summed E-state index contributed by atoms with van der Waals surface area (Å²) in [6.07, 6.45) is 3.90. The van der Waals surface area contributed by atoms with E-state index in [1.54, 1.807) is 6.07 Å². The minimum atomic E-state index is 0.530. The van der Waals surface area contributed by atoms with E-state index in [9.17, 15) is 0 Å². The maximum atomic E-state index is 9.03. The van der Waals surface area contributed by atoms with Crippen molar-refractivity contribution in [2.45, 2.75) is 6.92 Å². The van der Waals surface area contributed by atoms with Crippen LogP contribution >= 0.6 is 11.6 Å². The van der Waals surface area contributed by atoms with Gasteiger partial charge in [-0.3, -0.25) is 4.68 Å². The Morgan fingerprint density at radius 1 is 1.23 bits per heavy atom. The first-order valence-corrected chi connectivity index (χ1v) is 7.52. The largest absolute Gasteiger partial charge is 0.365 e. The highest BCUT2D eigenvalue weighted by Crippen LogP contribution is 2.27. The van der Waals surface area contributed by atoms with Gasteiger partial charge in [0.2, 0.25) is 0 Å². The molecule has 0 aliphatic carbocycles. The number of aromatic nitrogens is 3. The van der Waals surface area contributed by atoms with Crippen LogP contribution in [0.1, 0.15) is 11.3 Å². The topological polar surface area (TPSA) is 61.0 Å². The van der Waals surface area contributed by atoms with Crippen LogP contribution in [-0.4, -0.2) is 40.9 Å². The molecule has 0 saturated carbocycles. The fraction of sp³-hybridized carbons (Fsp3) is 0.400. The third-order valence-electron chi connectivity index (χ3n) is 3.90. The number of halogens is 1. The Labute approximate surface area is 134 Å². The van der Waals surface area contributed by atoms with E-state index < -0.39 is 0 Å². The van der Waals surface area contributed by atoms with Crippen LogP contribution in [0.15, 0.2) is 18.5 Å². The van der Waals surface area contributed by atoms with Gasteiger partial charge in [0.15, 0.2) is 0 Å². The van der Waals surface area contributed by atoms with Crippen LogP contribution in [0.4, 0.5) is 11.5 Å². The lowest BCUT2D eigenvalue weighted by atomic mass is 10.2. The van der Waals surface area contributed by atoms with E-state index >= 15 is 0 Å². The average molecular weight is 317 g/mol. The number of nitriles is 1. The summed E-state index contributed by atoms with van der Waals surface area (Å²) in [6.45, 7) is 5.30. The molecular formula is C15H17ClN6. The van der Waals surface area contributed by atoms with Gasteiger partial charge in [-0.25, -0.2) is 4.98 Å². The predicted molar refractivity (Wildman–Crippen MR) is 86.3 cm³/mol. The zero-order valence-corrected chi connectivity index (χ0v) is 13.4. The molecule has 22 heavy (non-hydrogen) atoms. The molecule has 1 aliphatic rings. The molecule has 3 heterocycles. The summed E-state index contributed by atoms with van der Waals surface area (Å²) in [5.41, 5.74) is 2.39. The van der Waals surface area contributed by atoms with Crippen LogP contribution < -0.4 is 9.80 Å². The standard InChI is InChI=1S/C15H17ClN6/c1-11-12(8-17)7-14(16)15(19-11)22-5-3-21(4-6-22)13-9-18-20(2)10-13/h7,9-10H,3-6H2,1-2H3. The van der Waals surface area contributed by atoms with Crippen molar-refractivity contribution in [2.75, 3.05) is 36.0 Å². The molecule has 2 aromatic rings. The Kier molecular flexibility index (Phi) is 3.90. The number of hydrogen-bond donors (Lipinski definition) is 0. The van der Waals surface area contributed by atoms with Crippen LogP contribution in [0, 0.1) is 18.3 Å². The van der Waals surface area contributed by atoms with Gasteiger partial charge < -0.3 is 9.80 Å². The van der Waals surface area contributed by atoms with Crippen LogP contribution in [0.2, 0.25) is 5.02 Å². The van der Waals surface area contributed by atoms with Gasteiger partial charge in [0.1, 0.15) is 11.9 Å². The summed E-state index contributed by atoms with van der Waals surface area (Å²) in [6, 6.07) is 3.82. The Morgan fingerprint density at radius 2 is 1.91 bits per heavy atom. The maximum absolute atomic E-state index is 9.03. The Hall–Kier alpha value is -2.26. The lowest BCUT2D eigenvalue weighted by Gasteiger charge is -2.36. The monoisotopic (exact) mass is 316 g/mol. The molecule has 0 unspecified atom stereocenters. The third-order valence-corrected chi connectivity index (χ3v) is 4.18. The zero-order chi connectivity index (χ0) is 15.7. The molecule has 2 aromatic heterocycles. The average Bonchev–Trinajstić information content (AvgIpc) is 2.96. The summed E-state index contributed by atoms with van der Waals surface area (Å²) >= 11 is 6.29. The van der Waals surface area contributed by atoms with Gasteiger partial charge in [0.05, 0.1) is 28.2 Å². The highest BCUT2D eigenvalue weighted by atomic mass is 35.5. The molecule has 0 N–H and O–H groups in total. The second kappa shape index (κ2) is 5.85. The summed E-state index contributed by atoms with van der Waals surface area (Å²) < 4.78 is 1.81. The number of piperazine rings is 1. The van der Waals surface area contributed by atoms with Gasteiger partial charge in [-0.1, -0.05) is 11.6 Å². The number of nitrogens with zero attached hydrogens (tertiary/aromatic N) is 6. The quantitative estimate of drug-likeness (QED) is 0.848. The molecule has 0 bridgehead atoms. The second-order valence-corrected chi connectivity index (χ2v) is 5.79. The van der Waals surface area contributed by atoms with Gasteiger partial charge in [-0.2, -0.15) is 10.4 Å². The molecule has 0 atom stereocenters. The van der Waals surface area contributed by atoms with Crippen molar-refractivity contribution in [2.24, 2.45) is 7.05 Å². The van der Waals surface area contributed by atoms with E-state index in [4.69, 9.17) is 16.9 Å². The smallest absolute Gasteiger partial charge is 0.147 e. The van der Waals surface area contributed by atoms with Gasteiger partial charge >= 0.3 is 0 Å². The van der Waals surface area contributed by atoms with Crippen molar-refractivity contribution in [3.63, 3.8) is 0 Å². The minimum absolute atomic E-state index is 0.530. The van der Waals surface area contributed by atoms with E-state index in [2.05, 4.69) is 26.0 Å². The summed E-state index contributed by atoms with van der Waals surface area (Å²) in [5, 5.41) is 13.8. The van der Waals surface area contributed by atoms with E-state index in [0.717, 1.165) is 43.4 Å². The van der Waals surface area contributed by atoms with Gasteiger partial charge in [-0.15, -0.1) is 0 Å². The van der Waals surface area contributed by atoms with Gasteiger partial charge in [0.25, 0.3) is 0 Å². The van der Waals surface area contributed by atoms with Crippen molar-refractivity contribution < 1.29 is 0 Å². The number of aryl methyl sites for hydroxylation is 2. The first-order valence-electron chi connectivity index (χ1n) is 7.14. The summed E-state index contributed by atoms with van der Waals surface area (Å²) in [7, 11) is 1.92. The molecule has 0 spiro atoms. The van der Waals surface area contributed by atoms with Crippen LogP contribution in [-0.2, 0) is 7.05 Å². The molecule has 0 amide bonds.